The summed E-state index contributed by atoms with van der Waals surface area (Å²) in [5, 5.41) is 5.93. The van der Waals surface area contributed by atoms with Gasteiger partial charge in [0, 0.05) is 30.9 Å². The number of hydrogen-bond donors (Lipinski definition) is 0. The van der Waals surface area contributed by atoms with Crippen molar-refractivity contribution in [2.24, 2.45) is 13.0 Å². The van der Waals surface area contributed by atoms with Gasteiger partial charge in [0.2, 0.25) is 5.91 Å². The molecular formula is C20H24N4O2. The van der Waals surface area contributed by atoms with Crippen molar-refractivity contribution in [2.75, 3.05) is 13.1 Å². The molecule has 1 aliphatic heterocycles. The monoisotopic (exact) mass is 352 g/mol. The fourth-order valence-corrected chi connectivity index (χ4v) is 4.15. The van der Waals surface area contributed by atoms with E-state index in [1.165, 1.54) is 11.1 Å². The van der Waals surface area contributed by atoms with Gasteiger partial charge in [-0.3, -0.25) is 9.59 Å². The summed E-state index contributed by atoms with van der Waals surface area (Å²) < 4.78 is 3.23. The molecule has 1 aromatic carbocycles. The van der Waals surface area contributed by atoms with Crippen LogP contribution in [0.15, 0.2) is 35.3 Å². The molecule has 1 fully saturated rings. The molecule has 136 valence electrons. The molecule has 1 amide bonds. The minimum absolute atomic E-state index is 0.0815. The van der Waals surface area contributed by atoms with Crippen LogP contribution in [-0.2, 0) is 11.8 Å². The first kappa shape index (κ1) is 16.8. The van der Waals surface area contributed by atoms with Crippen molar-refractivity contribution in [3.8, 4) is 0 Å². The summed E-state index contributed by atoms with van der Waals surface area (Å²) in [6.45, 7) is 5.67. The number of benzene rings is 1. The first-order chi connectivity index (χ1) is 12.5. The van der Waals surface area contributed by atoms with Gasteiger partial charge in [0.1, 0.15) is 11.6 Å². The first-order valence-electron chi connectivity index (χ1n) is 9.22. The fraction of sp³-hybridized carbons (Fsp3) is 0.450. The zero-order valence-electron chi connectivity index (χ0n) is 15.5. The van der Waals surface area contributed by atoms with Crippen LogP contribution in [0.25, 0.3) is 21.8 Å². The maximum absolute atomic E-state index is 13.2. The van der Waals surface area contributed by atoms with Gasteiger partial charge in [-0.05, 0) is 31.7 Å². The number of para-hydroxylation sites is 1. The number of amides is 1. The molecule has 0 spiro atoms. The van der Waals surface area contributed by atoms with Gasteiger partial charge in [-0.25, -0.2) is 4.68 Å². The van der Waals surface area contributed by atoms with Crippen molar-refractivity contribution >= 4 is 27.7 Å². The predicted molar refractivity (Wildman–Crippen MR) is 102 cm³/mol. The number of fused-ring (bicyclic) bond motifs is 3. The number of hydrogen-bond acceptors (Lipinski definition) is 3. The van der Waals surface area contributed by atoms with Crippen LogP contribution in [-0.4, -0.2) is 38.2 Å². The third-order valence-electron chi connectivity index (χ3n) is 5.52. The predicted octanol–water partition coefficient (Wildman–Crippen LogP) is 2.71. The highest BCUT2D eigenvalue weighted by Gasteiger charge is 2.28. The van der Waals surface area contributed by atoms with Crippen LogP contribution >= 0.6 is 0 Å². The number of nitrogens with zero attached hydrogens (tertiary/aromatic N) is 4. The molecule has 0 bridgehead atoms. The number of likely N-dealkylation sites (tertiary alicyclic amines) is 1. The van der Waals surface area contributed by atoms with Gasteiger partial charge in [0.25, 0.3) is 5.56 Å². The van der Waals surface area contributed by atoms with Crippen LogP contribution in [0.4, 0.5) is 0 Å². The van der Waals surface area contributed by atoms with Crippen LogP contribution in [0.5, 0.6) is 0 Å². The van der Waals surface area contributed by atoms with E-state index in [0.29, 0.717) is 11.4 Å². The molecule has 3 aromatic rings. The largest absolute Gasteiger partial charge is 0.341 e. The molecule has 6 heteroatoms. The minimum atomic E-state index is -0.433. The topological polar surface area (TPSA) is 60.1 Å². The van der Waals surface area contributed by atoms with Gasteiger partial charge in [-0.1, -0.05) is 25.1 Å². The molecular weight excluding hydrogens is 328 g/mol. The van der Waals surface area contributed by atoms with E-state index >= 15 is 0 Å². The molecule has 2 atom stereocenters. The molecule has 26 heavy (non-hydrogen) atoms. The Morgan fingerprint density at radius 3 is 2.81 bits per heavy atom. The zero-order valence-corrected chi connectivity index (χ0v) is 15.5. The summed E-state index contributed by atoms with van der Waals surface area (Å²) in [6.07, 6.45) is 3.92. The maximum Gasteiger partial charge on any atom is 0.291 e. The lowest BCUT2D eigenvalue weighted by atomic mass is 10.00. The number of aryl methyl sites for hydroxylation is 1. The summed E-state index contributed by atoms with van der Waals surface area (Å²) in [4.78, 5) is 28.0. The summed E-state index contributed by atoms with van der Waals surface area (Å²) in [7, 11) is 1.64. The second-order valence-electron chi connectivity index (χ2n) is 7.43. The van der Waals surface area contributed by atoms with Gasteiger partial charge in [-0.15, -0.1) is 0 Å². The Hall–Kier alpha value is -2.63. The number of rotatable bonds is 2. The Morgan fingerprint density at radius 2 is 2.04 bits per heavy atom. The van der Waals surface area contributed by atoms with Crippen molar-refractivity contribution in [1.29, 1.82) is 0 Å². The quantitative estimate of drug-likeness (QED) is 0.712. The lowest BCUT2D eigenvalue weighted by Crippen LogP contribution is -2.42. The van der Waals surface area contributed by atoms with E-state index < -0.39 is 6.04 Å². The van der Waals surface area contributed by atoms with Crippen LogP contribution in [0.3, 0.4) is 0 Å². The van der Waals surface area contributed by atoms with Crippen molar-refractivity contribution in [3.05, 3.63) is 40.8 Å². The molecule has 4 rings (SSSR count). The average molecular weight is 352 g/mol. The van der Waals surface area contributed by atoms with Gasteiger partial charge >= 0.3 is 0 Å². The summed E-state index contributed by atoms with van der Waals surface area (Å²) in [5.74, 6) is 0.605. The van der Waals surface area contributed by atoms with Gasteiger partial charge < -0.3 is 9.47 Å². The van der Waals surface area contributed by atoms with Gasteiger partial charge in [-0.2, -0.15) is 5.10 Å². The number of aromatic nitrogens is 3. The van der Waals surface area contributed by atoms with Crippen LogP contribution in [0, 0.1) is 5.92 Å². The highest BCUT2D eigenvalue weighted by molar-refractivity contribution is 6.08. The normalized spacial score (nSPS) is 19.2. The van der Waals surface area contributed by atoms with Crippen molar-refractivity contribution < 1.29 is 4.79 Å². The smallest absolute Gasteiger partial charge is 0.291 e. The van der Waals surface area contributed by atoms with Crippen molar-refractivity contribution in [3.63, 3.8) is 0 Å². The Kier molecular flexibility index (Phi) is 4.05. The molecule has 1 aliphatic rings. The Labute approximate surface area is 152 Å². The maximum atomic E-state index is 13.2. The van der Waals surface area contributed by atoms with Gasteiger partial charge in [0.15, 0.2) is 0 Å². The number of carbonyl (C=O) groups is 1. The summed E-state index contributed by atoms with van der Waals surface area (Å²) in [6, 6.07) is 7.41. The van der Waals surface area contributed by atoms with Crippen LogP contribution < -0.4 is 5.56 Å². The van der Waals surface area contributed by atoms with Crippen LogP contribution in [0.1, 0.15) is 32.7 Å². The SMILES string of the molecule is C[C@H]1CCCN(C(=O)[C@@H](C)n2c3ccccc3c3cnn(C)c(=O)c32)C1. The van der Waals surface area contributed by atoms with Crippen molar-refractivity contribution in [1.82, 2.24) is 19.2 Å². The lowest BCUT2D eigenvalue weighted by Gasteiger charge is -2.33. The zero-order chi connectivity index (χ0) is 18.4. The van der Waals surface area contributed by atoms with E-state index in [1.54, 1.807) is 13.2 Å². The minimum Gasteiger partial charge on any atom is -0.341 e. The van der Waals surface area contributed by atoms with Crippen molar-refractivity contribution in [2.45, 2.75) is 32.7 Å². The standard InChI is InChI=1S/C20H24N4O2/c1-13-7-6-10-23(12-13)19(25)14(2)24-17-9-5-4-8-15(17)16-11-21-22(3)20(26)18(16)24/h4-5,8-9,11,13-14H,6-7,10,12H2,1-3H3/t13-,14+/m0/s1. The third kappa shape index (κ3) is 2.52. The van der Waals surface area contributed by atoms with Crippen LogP contribution in [0.2, 0.25) is 0 Å². The van der Waals surface area contributed by atoms with E-state index in [0.717, 1.165) is 35.8 Å². The average Bonchev–Trinajstić information content (AvgIpc) is 2.98. The van der Waals surface area contributed by atoms with E-state index in [4.69, 9.17) is 0 Å². The third-order valence-corrected chi connectivity index (χ3v) is 5.52. The number of piperidine rings is 1. The molecule has 0 aliphatic carbocycles. The Morgan fingerprint density at radius 1 is 1.27 bits per heavy atom. The molecule has 1 saturated heterocycles. The Balaban J connectivity index is 1.90. The van der Waals surface area contributed by atoms with E-state index in [2.05, 4.69) is 12.0 Å². The van der Waals surface area contributed by atoms with Gasteiger partial charge in [0.05, 0.1) is 11.7 Å². The van der Waals surface area contributed by atoms with E-state index in [-0.39, 0.29) is 11.5 Å². The van der Waals surface area contributed by atoms with E-state index in [9.17, 15) is 9.59 Å². The molecule has 0 N–H and O–H groups in total. The summed E-state index contributed by atoms with van der Waals surface area (Å²) >= 11 is 0. The fourth-order valence-electron chi connectivity index (χ4n) is 4.15. The highest BCUT2D eigenvalue weighted by atomic mass is 16.2. The molecule has 0 unspecified atom stereocenters. The highest BCUT2D eigenvalue weighted by Crippen LogP contribution is 2.30. The molecule has 3 heterocycles. The molecule has 2 aromatic heterocycles. The summed E-state index contributed by atoms with van der Waals surface area (Å²) in [5.41, 5.74) is 1.28. The molecule has 6 nitrogen and oxygen atoms in total. The van der Waals surface area contributed by atoms with E-state index in [1.807, 2.05) is 40.7 Å². The second-order valence-corrected chi connectivity index (χ2v) is 7.43. The molecule has 0 radical (unpaired) electrons. The first-order valence-corrected chi connectivity index (χ1v) is 9.22. The lowest BCUT2D eigenvalue weighted by molar-refractivity contribution is -0.135. The number of carbonyl (C=O) groups excluding carboxylic acids is 1. The second kappa shape index (κ2) is 6.27. The Bertz CT molecular complexity index is 1050. The molecule has 0 saturated carbocycles.